The molecule has 1 saturated heterocycles. The molecule has 1 fully saturated rings. The molecule has 0 bridgehead atoms. The summed E-state index contributed by atoms with van der Waals surface area (Å²) in [5.41, 5.74) is 1.87. The molecule has 1 aliphatic heterocycles. The molecule has 1 aliphatic rings. The Balaban J connectivity index is 1.46. The molecule has 1 amide bonds. The molecular formula is C31H41F3N2O3. The van der Waals surface area contributed by atoms with Gasteiger partial charge in [0.15, 0.2) is 0 Å². The fourth-order valence-electron chi connectivity index (χ4n) is 5.03. The minimum absolute atomic E-state index is 0.0289. The minimum atomic E-state index is -4.39. The summed E-state index contributed by atoms with van der Waals surface area (Å²) < 4.78 is 38.6. The fraction of sp³-hybridized carbons (Fsp3) is 0.548. The standard InChI is InChI=1S/C31H41F3N2O3/c1-3-4-5-6-7-8-9-25-10-14-28(15-11-25)30(38)35-20-18-27(19-21-35)23-36(39-24(2)37)22-26-12-16-29(17-13-26)31(32,33)34/h10-17,27H,3-9,18-23H2,1-2H3. The highest BCUT2D eigenvalue weighted by Crippen LogP contribution is 2.29. The average molecular weight is 547 g/mol. The number of benzene rings is 2. The number of nitrogens with zero attached hydrogens (tertiary/aromatic N) is 2. The van der Waals surface area contributed by atoms with Gasteiger partial charge in [-0.3, -0.25) is 9.59 Å². The number of hydrogen-bond donors (Lipinski definition) is 0. The van der Waals surface area contributed by atoms with Crippen LogP contribution in [0.25, 0.3) is 0 Å². The Morgan fingerprint density at radius 2 is 1.49 bits per heavy atom. The highest BCUT2D eigenvalue weighted by Gasteiger charge is 2.30. The van der Waals surface area contributed by atoms with Crippen LogP contribution in [0.2, 0.25) is 0 Å². The molecule has 214 valence electrons. The molecule has 0 unspecified atom stereocenters. The van der Waals surface area contributed by atoms with Crippen molar-refractivity contribution in [3.63, 3.8) is 0 Å². The first-order valence-electron chi connectivity index (χ1n) is 14.1. The fourth-order valence-corrected chi connectivity index (χ4v) is 5.03. The maximum atomic E-state index is 13.1. The van der Waals surface area contributed by atoms with Gasteiger partial charge in [-0.25, -0.2) is 0 Å². The predicted octanol–water partition coefficient (Wildman–Crippen LogP) is 7.44. The number of rotatable bonds is 13. The van der Waals surface area contributed by atoms with Crippen molar-refractivity contribution < 1.29 is 27.6 Å². The van der Waals surface area contributed by atoms with E-state index in [0.29, 0.717) is 30.8 Å². The van der Waals surface area contributed by atoms with Crippen molar-refractivity contribution >= 4 is 11.9 Å². The lowest BCUT2D eigenvalue weighted by atomic mass is 9.95. The van der Waals surface area contributed by atoms with Crippen LogP contribution >= 0.6 is 0 Å². The first kappa shape index (κ1) is 30.7. The Morgan fingerprint density at radius 1 is 0.897 bits per heavy atom. The minimum Gasteiger partial charge on any atom is -0.368 e. The molecule has 2 aromatic rings. The van der Waals surface area contributed by atoms with Crippen molar-refractivity contribution in [3.05, 3.63) is 70.8 Å². The summed E-state index contributed by atoms with van der Waals surface area (Å²) in [5, 5.41) is 1.51. The number of alkyl halides is 3. The van der Waals surface area contributed by atoms with E-state index in [2.05, 4.69) is 19.1 Å². The molecule has 2 aromatic carbocycles. The zero-order valence-electron chi connectivity index (χ0n) is 23.1. The number of likely N-dealkylation sites (tertiary alicyclic amines) is 1. The van der Waals surface area contributed by atoms with Crippen LogP contribution in [0.4, 0.5) is 13.2 Å². The van der Waals surface area contributed by atoms with Gasteiger partial charge < -0.3 is 9.74 Å². The molecular weight excluding hydrogens is 505 g/mol. The summed E-state index contributed by atoms with van der Waals surface area (Å²) in [7, 11) is 0. The third-order valence-electron chi connectivity index (χ3n) is 7.28. The van der Waals surface area contributed by atoms with Gasteiger partial charge in [0.05, 0.1) is 12.1 Å². The van der Waals surface area contributed by atoms with E-state index >= 15 is 0 Å². The molecule has 0 saturated carbocycles. The number of carbonyl (C=O) groups excluding carboxylic acids is 2. The third kappa shape index (κ3) is 10.3. The zero-order chi connectivity index (χ0) is 28.3. The van der Waals surface area contributed by atoms with E-state index < -0.39 is 17.7 Å². The summed E-state index contributed by atoms with van der Waals surface area (Å²) >= 11 is 0. The second-order valence-corrected chi connectivity index (χ2v) is 10.6. The van der Waals surface area contributed by atoms with E-state index in [9.17, 15) is 22.8 Å². The highest BCUT2D eigenvalue weighted by molar-refractivity contribution is 5.94. The van der Waals surface area contributed by atoms with Gasteiger partial charge in [0.25, 0.3) is 5.91 Å². The quantitative estimate of drug-likeness (QED) is 0.194. The molecule has 0 aromatic heterocycles. The van der Waals surface area contributed by atoms with E-state index in [1.807, 2.05) is 17.0 Å². The van der Waals surface area contributed by atoms with Crippen LogP contribution in [-0.4, -0.2) is 41.5 Å². The molecule has 39 heavy (non-hydrogen) atoms. The van der Waals surface area contributed by atoms with E-state index in [-0.39, 0.29) is 18.4 Å². The van der Waals surface area contributed by atoms with Crippen molar-refractivity contribution in [3.8, 4) is 0 Å². The van der Waals surface area contributed by atoms with Crippen molar-refractivity contribution in [1.29, 1.82) is 0 Å². The highest BCUT2D eigenvalue weighted by atomic mass is 19.4. The second kappa shape index (κ2) is 15.1. The molecule has 1 heterocycles. The van der Waals surface area contributed by atoms with Crippen molar-refractivity contribution in [2.75, 3.05) is 19.6 Å². The van der Waals surface area contributed by atoms with Gasteiger partial charge in [0, 0.05) is 32.1 Å². The van der Waals surface area contributed by atoms with Gasteiger partial charge in [0.1, 0.15) is 0 Å². The van der Waals surface area contributed by atoms with Crippen molar-refractivity contribution in [2.24, 2.45) is 5.92 Å². The topological polar surface area (TPSA) is 49.9 Å². The number of hydroxylamine groups is 2. The maximum Gasteiger partial charge on any atom is 0.416 e. The molecule has 3 rings (SSSR count). The van der Waals surface area contributed by atoms with E-state index in [0.717, 1.165) is 31.4 Å². The predicted molar refractivity (Wildman–Crippen MR) is 146 cm³/mol. The maximum absolute atomic E-state index is 13.1. The summed E-state index contributed by atoms with van der Waals surface area (Å²) in [6, 6.07) is 12.8. The molecule has 0 aliphatic carbocycles. The summed E-state index contributed by atoms with van der Waals surface area (Å²) in [5.74, 6) is -0.252. The average Bonchev–Trinajstić information content (AvgIpc) is 2.90. The van der Waals surface area contributed by atoms with Crippen LogP contribution in [0.5, 0.6) is 0 Å². The molecule has 8 heteroatoms. The summed E-state index contributed by atoms with van der Waals surface area (Å²) in [6.45, 7) is 5.40. The van der Waals surface area contributed by atoms with Gasteiger partial charge in [0.2, 0.25) is 0 Å². The van der Waals surface area contributed by atoms with Crippen LogP contribution in [0, 0.1) is 5.92 Å². The number of carbonyl (C=O) groups is 2. The van der Waals surface area contributed by atoms with Gasteiger partial charge in [-0.2, -0.15) is 13.2 Å². The van der Waals surface area contributed by atoms with E-state index in [1.54, 1.807) is 0 Å². The normalized spacial score (nSPS) is 14.6. The Labute approximate surface area is 230 Å². The van der Waals surface area contributed by atoms with Crippen LogP contribution in [-0.2, 0) is 28.8 Å². The van der Waals surface area contributed by atoms with E-state index in [1.165, 1.54) is 68.2 Å². The van der Waals surface area contributed by atoms with Crippen molar-refractivity contribution in [1.82, 2.24) is 9.96 Å². The lowest BCUT2D eigenvalue weighted by Crippen LogP contribution is -2.41. The van der Waals surface area contributed by atoms with Gasteiger partial charge in [-0.05, 0) is 67.0 Å². The molecule has 5 nitrogen and oxygen atoms in total. The molecule has 0 spiro atoms. The Kier molecular flexibility index (Phi) is 11.8. The monoisotopic (exact) mass is 546 g/mol. The SMILES string of the molecule is CCCCCCCCc1ccc(C(=O)N2CCC(CN(Cc3ccc(C(F)(F)F)cc3)OC(C)=O)CC2)cc1. The van der Waals surface area contributed by atoms with E-state index in [4.69, 9.17) is 4.84 Å². The zero-order valence-corrected chi connectivity index (χ0v) is 23.1. The number of unbranched alkanes of at least 4 members (excludes halogenated alkanes) is 5. The Morgan fingerprint density at radius 3 is 2.08 bits per heavy atom. The Hall–Kier alpha value is -2.87. The summed E-state index contributed by atoms with van der Waals surface area (Å²) in [4.78, 5) is 31.9. The molecule has 0 atom stereocenters. The number of amides is 1. The third-order valence-corrected chi connectivity index (χ3v) is 7.28. The lowest BCUT2D eigenvalue weighted by molar-refractivity contribution is -0.194. The Bertz CT molecular complexity index is 1030. The van der Waals surface area contributed by atoms with Crippen LogP contribution in [0.3, 0.4) is 0 Å². The molecule has 0 N–H and O–H groups in total. The smallest absolute Gasteiger partial charge is 0.368 e. The van der Waals surface area contributed by atoms with Gasteiger partial charge >= 0.3 is 12.1 Å². The van der Waals surface area contributed by atoms with Gasteiger partial charge in [-0.1, -0.05) is 63.3 Å². The van der Waals surface area contributed by atoms with Crippen molar-refractivity contribution in [2.45, 2.75) is 84.4 Å². The lowest BCUT2D eigenvalue weighted by Gasteiger charge is -2.34. The largest absolute Gasteiger partial charge is 0.416 e. The van der Waals surface area contributed by atoms with Crippen LogP contribution < -0.4 is 0 Å². The number of piperidine rings is 1. The van der Waals surface area contributed by atoms with Crippen LogP contribution in [0.15, 0.2) is 48.5 Å². The number of aryl methyl sites for hydroxylation is 1. The first-order valence-corrected chi connectivity index (χ1v) is 14.1. The second-order valence-electron chi connectivity index (χ2n) is 10.6. The first-order chi connectivity index (χ1) is 18.7. The van der Waals surface area contributed by atoms with Gasteiger partial charge in [-0.15, -0.1) is 5.06 Å². The number of halogens is 3. The summed E-state index contributed by atoms with van der Waals surface area (Å²) in [6.07, 6.45) is 5.73. The van der Waals surface area contributed by atoms with Crippen LogP contribution in [0.1, 0.15) is 92.3 Å². The number of hydrogen-bond acceptors (Lipinski definition) is 4. The molecule has 0 radical (unpaired) electrons.